The zero-order valence-corrected chi connectivity index (χ0v) is 17.0. The van der Waals surface area contributed by atoms with Crippen molar-refractivity contribution in [1.29, 1.82) is 0 Å². The number of nitrogens with zero attached hydrogens (tertiary/aromatic N) is 2. The fourth-order valence-corrected chi connectivity index (χ4v) is 3.95. The van der Waals surface area contributed by atoms with Crippen LogP contribution in [-0.4, -0.2) is 59.6 Å². The van der Waals surface area contributed by atoms with Gasteiger partial charge in [0.1, 0.15) is 11.4 Å². The summed E-state index contributed by atoms with van der Waals surface area (Å²) >= 11 is 0. The number of likely N-dealkylation sites (tertiary alicyclic amines) is 1. The molecular formula is C22H30N2O4. The van der Waals surface area contributed by atoms with Crippen molar-refractivity contribution in [1.82, 2.24) is 9.80 Å². The van der Waals surface area contributed by atoms with Gasteiger partial charge in [-0.1, -0.05) is 26.0 Å². The summed E-state index contributed by atoms with van der Waals surface area (Å²) in [5.74, 6) is 0.609. The third kappa shape index (κ3) is 4.07. The van der Waals surface area contributed by atoms with Crippen LogP contribution in [0.25, 0.3) is 5.57 Å². The lowest BCUT2D eigenvalue weighted by Gasteiger charge is -2.34. The minimum Gasteiger partial charge on any atom is -0.494 e. The third-order valence-corrected chi connectivity index (χ3v) is 5.24. The number of aliphatic hydroxyl groups is 1. The number of aliphatic hydroxyl groups excluding tert-OH is 1. The van der Waals surface area contributed by atoms with Crippen molar-refractivity contribution in [3.8, 4) is 5.75 Å². The molecule has 0 spiro atoms. The number of imide groups is 1. The van der Waals surface area contributed by atoms with Crippen LogP contribution in [0.4, 0.5) is 0 Å². The summed E-state index contributed by atoms with van der Waals surface area (Å²) in [5.41, 5.74) is 1.68. The molecule has 2 aliphatic heterocycles. The second kappa shape index (κ2) is 8.78. The minimum atomic E-state index is -0.232. The molecule has 1 unspecified atom stereocenters. The highest BCUT2D eigenvalue weighted by molar-refractivity contribution is 6.35. The molecule has 1 fully saturated rings. The van der Waals surface area contributed by atoms with E-state index in [1.54, 1.807) is 0 Å². The van der Waals surface area contributed by atoms with E-state index >= 15 is 0 Å². The zero-order chi connectivity index (χ0) is 20.3. The quantitative estimate of drug-likeness (QED) is 0.729. The van der Waals surface area contributed by atoms with Crippen molar-refractivity contribution in [3.05, 3.63) is 35.5 Å². The highest BCUT2D eigenvalue weighted by Crippen LogP contribution is 2.34. The predicted molar refractivity (Wildman–Crippen MR) is 107 cm³/mol. The average molecular weight is 386 g/mol. The molecule has 2 amide bonds. The van der Waals surface area contributed by atoms with Gasteiger partial charge in [-0.25, -0.2) is 0 Å². The molecule has 1 atom stereocenters. The summed E-state index contributed by atoms with van der Waals surface area (Å²) in [7, 11) is 0. The Morgan fingerprint density at radius 3 is 2.50 bits per heavy atom. The van der Waals surface area contributed by atoms with Gasteiger partial charge in [-0.2, -0.15) is 0 Å². The first-order valence-corrected chi connectivity index (χ1v) is 10.2. The molecule has 6 heteroatoms. The number of hydrogen-bond donors (Lipinski definition) is 1. The Labute approximate surface area is 166 Å². The molecule has 0 bridgehead atoms. The number of carbonyl (C=O) groups is 2. The molecule has 1 N–H and O–H groups in total. The molecule has 6 nitrogen and oxygen atoms in total. The number of benzene rings is 1. The molecule has 0 aliphatic carbocycles. The Bertz CT molecular complexity index is 754. The van der Waals surface area contributed by atoms with Crippen molar-refractivity contribution in [2.75, 3.05) is 32.8 Å². The topological polar surface area (TPSA) is 70.1 Å². The Kier molecular flexibility index (Phi) is 6.39. The van der Waals surface area contributed by atoms with Crippen LogP contribution in [0.2, 0.25) is 0 Å². The zero-order valence-electron chi connectivity index (χ0n) is 17.0. The van der Waals surface area contributed by atoms with E-state index in [0.29, 0.717) is 31.0 Å². The summed E-state index contributed by atoms with van der Waals surface area (Å²) in [4.78, 5) is 29.8. The van der Waals surface area contributed by atoms with E-state index in [1.165, 1.54) is 4.90 Å². The minimum absolute atomic E-state index is 0.0972. The molecular weight excluding hydrogens is 356 g/mol. The summed E-state index contributed by atoms with van der Waals surface area (Å²) in [6.45, 7) is 8.31. The van der Waals surface area contributed by atoms with E-state index in [1.807, 2.05) is 49.9 Å². The molecule has 2 aliphatic rings. The van der Waals surface area contributed by atoms with Crippen LogP contribution in [0.15, 0.2) is 30.0 Å². The van der Waals surface area contributed by atoms with Crippen molar-refractivity contribution in [3.63, 3.8) is 0 Å². The highest BCUT2D eigenvalue weighted by atomic mass is 16.5. The fourth-order valence-electron chi connectivity index (χ4n) is 3.95. The third-order valence-electron chi connectivity index (χ3n) is 5.24. The average Bonchev–Trinajstić information content (AvgIpc) is 2.93. The number of amides is 2. The van der Waals surface area contributed by atoms with E-state index in [9.17, 15) is 14.7 Å². The first-order valence-electron chi connectivity index (χ1n) is 10.2. The van der Waals surface area contributed by atoms with Crippen LogP contribution in [0.3, 0.4) is 0 Å². The number of piperidine rings is 1. The van der Waals surface area contributed by atoms with Gasteiger partial charge in [0, 0.05) is 26.2 Å². The molecule has 1 aromatic carbocycles. The lowest BCUT2D eigenvalue weighted by molar-refractivity contribution is -0.138. The Hall–Kier alpha value is -2.34. The number of hydrogen-bond acceptors (Lipinski definition) is 5. The van der Waals surface area contributed by atoms with Crippen LogP contribution < -0.4 is 4.74 Å². The van der Waals surface area contributed by atoms with Crippen molar-refractivity contribution < 1.29 is 19.4 Å². The van der Waals surface area contributed by atoms with Gasteiger partial charge in [0.2, 0.25) is 0 Å². The highest BCUT2D eigenvalue weighted by Gasteiger charge is 2.42. The van der Waals surface area contributed by atoms with Gasteiger partial charge in [-0.05, 0) is 49.3 Å². The lowest BCUT2D eigenvalue weighted by atomic mass is 9.97. The maximum absolute atomic E-state index is 13.2. The van der Waals surface area contributed by atoms with Crippen LogP contribution in [0.1, 0.15) is 39.2 Å². The lowest BCUT2D eigenvalue weighted by Crippen LogP contribution is -2.41. The van der Waals surface area contributed by atoms with Crippen molar-refractivity contribution >= 4 is 17.4 Å². The predicted octanol–water partition coefficient (Wildman–Crippen LogP) is 2.53. The number of carbonyl (C=O) groups excluding carboxylic acids is 2. The van der Waals surface area contributed by atoms with Gasteiger partial charge >= 0.3 is 0 Å². The summed E-state index contributed by atoms with van der Waals surface area (Å²) in [6.07, 6.45) is 1.84. The second-order valence-electron chi connectivity index (χ2n) is 7.93. The van der Waals surface area contributed by atoms with E-state index in [0.717, 1.165) is 30.7 Å². The first-order chi connectivity index (χ1) is 13.5. The van der Waals surface area contributed by atoms with E-state index in [2.05, 4.69) is 0 Å². The number of ether oxygens (including phenoxy) is 1. The molecule has 0 radical (unpaired) electrons. The van der Waals surface area contributed by atoms with Crippen LogP contribution in [0.5, 0.6) is 5.75 Å². The molecule has 0 aromatic heterocycles. The van der Waals surface area contributed by atoms with Gasteiger partial charge in [0.15, 0.2) is 0 Å². The largest absolute Gasteiger partial charge is 0.494 e. The van der Waals surface area contributed by atoms with Crippen LogP contribution in [0, 0.1) is 11.8 Å². The van der Waals surface area contributed by atoms with E-state index in [4.69, 9.17) is 4.74 Å². The fraction of sp³-hybridized carbons (Fsp3) is 0.545. The van der Waals surface area contributed by atoms with Gasteiger partial charge in [0.25, 0.3) is 11.8 Å². The van der Waals surface area contributed by atoms with Crippen LogP contribution in [-0.2, 0) is 9.59 Å². The number of rotatable bonds is 7. The van der Waals surface area contributed by atoms with Gasteiger partial charge in [-0.15, -0.1) is 0 Å². The Morgan fingerprint density at radius 2 is 1.89 bits per heavy atom. The Morgan fingerprint density at radius 1 is 1.18 bits per heavy atom. The molecule has 28 heavy (non-hydrogen) atoms. The standard InChI is InChI=1S/C22H30N2O4/c1-4-28-18-9-7-17(8-10-18)19-20(23-11-5-6-16(13-23)14-25)22(27)24(21(19)26)12-15(2)3/h7-10,15-16,25H,4-6,11-14H2,1-3H3. The second-order valence-corrected chi connectivity index (χ2v) is 7.93. The molecule has 1 saturated heterocycles. The van der Waals surface area contributed by atoms with Gasteiger partial charge < -0.3 is 14.7 Å². The molecule has 1 aromatic rings. The van der Waals surface area contributed by atoms with Crippen LogP contribution >= 0.6 is 0 Å². The summed E-state index contributed by atoms with van der Waals surface area (Å²) in [6, 6.07) is 7.35. The van der Waals surface area contributed by atoms with E-state index < -0.39 is 0 Å². The normalized spacial score (nSPS) is 20.5. The van der Waals surface area contributed by atoms with Gasteiger partial charge in [-0.3, -0.25) is 14.5 Å². The maximum Gasteiger partial charge on any atom is 0.277 e. The molecule has 2 heterocycles. The van der Waals surface area contributed by atoms with Crippen molar-refractivity contribution in [2.24, 2.45) is 11.8 Å². The van der Waals surface area contributed by atoms with E-state index in [-0.39, 0.29) is 30.3 Å². The first kappa shape index (κ1) is 20.4. The Balaban J connectivity index is 2.01. The maximum atomic E-state index is 13.2. The molecule has 3 rings (SSSR count). The smallest absolute Gasteiger partial charge is 0.277 e. The van der Waals surface area contributed by atoms with Gasteiger partial charge in [0.05, 0.1) is 12.2 Å². The van der Waals surface area contributed by atoms with Crippen molar-refractivity contribution in [2.45, 2.75) is 33.6 Å². The summed E-state index contributed by atoms with van der Waals surface area (Å²) < 4.78 is 5.50. The monoisotopic (exact) mass is 386 g/mol. The SMILES string of the molecule is CCOc1ccc(C2=C(N3CCCC(CO)C3)C(=O)N(CC(C)C)C2=O)cc1. The molecule has 0 saturated carbocycles. The summed E-state index contributed by atoms with van der Waals surface area (Å²) in [5, 5.41) is 9.59. The molecule has 152 valence electrons.